The second kappa shape index (κ2) is 8.29. The molecule has 0 amide bonds. The maximum atomic E-state index is 11.9. The van der Waals surface area contributed by atoms with Gasteiger partial charge in [-0.05, 0) is 31.5 Å². The molecule has 0 unspecified atom stereocenters. The molecule has 2 heterocycles. The van der Waals surface area contributed by atoms with Crippen molar-refractivity contribution in [3.05, 3.63) is 56.9 Å². The fraction of sp³-hybridized carbons (Fsp3) is 0.294. The molecule has 0 aliphatic carbocycles. The van der Waals surface area contributed by atoms with Gasteiger partial charge in [0, 0.05) is 11.5 Å². The van der Waals surface area contributed by atoms with E-state index in [4.69, 9.17) is 25.6 Å². The largest absolute Gasteiger partial charge is 0.489 e. The van der Waals surface area contributed by atoms with Crippen LogP contribution in [-0.2, 0) is 29.2 Å². The smallest absolute Gasteiger partial charge is 0.310 e. The van der Waals surface area contributed by atoms with Gasteiger partial charge in [0.15, 0.2) is 0 Å². The Hall–Kier alpha value is -2.45. The number of nitrogens with zero attached hydrogens (tertiary/aromatic N) is 3. The molecule has 0 radical (unpaired) electrons. The number of hydrogen-bond acceptors (Lipinski definition) is 8. The lowest BCUT2D eigenvalue weighted by Gasteiger charge is -2.07. The quantitative estimate of drug-likeness (QED) is 0.566. The van der Waals surface area contributed by atoms with Crippen molar-refractivity contribution in [1.82, 2.24) is 14.7 Å². The first kappa shape index (κ1) is 18.3. The molecule has 0 spiro atoms. The second-order valence-electron chi connectivity index (χ2n) is 5.57. The molecule has 136 valence electrons. The molecule has 0 atom stereocenters. The van der Waals surface area contributed by atoms with E-state index in [2.05, 4.69) is 14.7 Å². The lowest BCUT2D eigenvalue weighted by Crippen LogP contribution is -2.08. The molecular weight excluding hydrogens is 378 g/mol. The van der Waals surface area contributed by atoms with Gasteiger partial charge in [0.1, 0.15) is 34.8 Å². The van der Waals surface area contributed by atoms with Crippen LogP contribution in [0.5, 0.6) is 5.75 Å². The minimum Gasteiger partial charge on any atom is -0.489 e. The Morgan fingerprint density at radius 2 is 2.00 bits per heavy atom. The van der Waals surface area contributed by atoms with E-state index in [1.807, 2.05) is 38.1 Å². The van der Waals surface area contributed by atoms with Crippen LogP contribution in [0, 0.1) is 13.8 Å². The summed E-state index contributed by atoms with van der Waals surface area (Å²) in [5.41, 5.74) is 3.04. The molecule has 0 aliphatic rings. The Morgan fingerprint density at radius 3 is 2.62 bits per heavy atom. The van der Waals surface area contributed by atoms with Crippen molar-refractivity contribution in [2.24, 2.45) is 0 Å². The predicted octanol–water partition coefficient (Wildman–Crippen LogP) is 3.66. The standard InChI is InChI=1S/C17H16ClN3O4S/c1-10-14(11(2)25-20-10)8-23-13-5-3-12(4-6-13)7-16(22)24-9-15-17(18)26-21-19-15/h3-6H,7-9H2,1-2H3. The van der Waals surface area contributed by atoms with E-state index < -0.39 is 0 Å². The zero-order valence-electron chi connectivity index (χ0n) is 14.2. The van der Waals surface area contributed by atoms with Crippen LogP contribution in [0.3, 0.4) is 0 Å². The summed E-state index contributed by atoms with van der Waals surface area (Å²) in [5.74, 6) is 1.08. The minimum absolute atomic E-state index is 0.0206. The molecule has 2 aromatic heterocycles. The highest BCUT2D eigenvalue weighted by molar-refractivity contribution is 7.10. The van der Waals surface area contributed by atoms with Crippen molar-refractivity contribution in [1.29, 1.82) is 0 Å². The van der Waals surface area contributed by atoms with Gasteiger partial charge in [0.25, 0.3) is 0 Å². The van der Waals surface area contributed by atoms with Gasteiger partial charge in [-0.25, -0.2) is 0 Å². The van der Waals surface area contributed by atoms with E-state index in [-0.39, 0.29) is 19.0 Å². The third-order valence-corrected chi connectivity index (χ3v) is 4.70. The Kier molecular flexibility index (Phi) is 5.85. The summed E-state index contributed by atoms with van der Waals surface area (Å²) in [6.45, 7) is 4.12. The summed E-state index contributed by atoms with van der Waals surface area (Å²) in [5, 5.41) is 7.69. The first-order valence-electron chi connectivity index (χ1n) is 7.78. The molecule has 0 fully saturated rings. The molecule has 3 rings (SSSR count). The van der Waals surface area contributed by atoms with Crippen molar-refractivity contribution in [3.8, 4) is 5.75 Å². The number of rotatable bonds is 7. The number of benzene rings is 1. The maximum Gasteiger partial charge on any atom is 0.310 e. The normalized spacial score (nSPS) is 10.7. The summed E-state index contributed by atoms with van der Waals surface area (Å²) < 4.78 is 20.1. The Labute approximate surface area is 159 Å². The third-order valence-electron chi connectivity index (χ3n) is 3.72. The average Bonchev–Trinajstić information content (AvgIpc) is 3.18. The van der Waals surface area contributed by atoms with Crippen molar-refractivity contribution in [2.75, 3.05) is 0 Å². The van der Waals surface area contributed by atoms with Crippen LogP contribution in [0.15, 0.2) is 28.8 Å². The monoisotopic (exact) mass is 393 g/mol. The van der Waals surface area contributed by atoms with Gasteiger partial charge in [-0.2, -0.15) is 0 Å². The van der Waals surface area contributed by atoms with Gasteiger partial charge >= 0.3 is 5.97 Å². The van der Waals surface area contributed by atoms with Crippen LogP contribution in [0.4, 0.5) is 0 Å². The Bertz CT molecular complexity index is 872. The van der Waals surface area contributed by atoms with E-state index in [1.165, 1.54) is 0 Å². The van der Waals surface area contributed by atoms with Gasteiger partial charge in [-0.15, -0.1) is 5.10 Å². The predicted molar refractivity (Wildman–Crippen MR) is 95.2 cm³/mol. The zero-order valence-corrected chi connectivity index (χ0v) is 15.8. The molecular formula is C17H16ClN3O4S. The fourth-order valence-electron chi connectivity index (χ4n) is 2.22. The van der Waals surface area contributed by atoms with Gasteiger partial charge < -0.3 is 14.0 Å². The number of hydrogen-bond donors (Lipinski definition) is 0. The highest BCUT2D eigenvalue weighted by Gasteiger charge is 2.11. The number of halogens is 1. The molecule has 3 aromatic rings. The Morgan fingerprint density at radius 1 is 1.23 bits per heavy atom. The van der Waals surface area contributed by atoms with Crippen LogP contribution >= 0.6 is 23.1 Å². The number of esters is 1. The lowest BCUT2D eigenvalue weighted by atomic mass is 10.1. The molecule has 0 saturated heterocycles. The van der Waals surface area contributed by atoms with Gasteiger partial charge in [0.2, 0.25) is 0 Å². The van der Waals surface area contributed by atoms with Gasteiger partial charge in [-0.3, -0.25) is 4.79 Å². The minimum atomic E-state index is -0.363. The number of carbonyl (C=O) groups excluding carboxylic acids is 1. The highest BCUT2D eigenvalue weighted by Crippen LogP contribution is 2.19. The molecule has 26 heavy (non-hydrogen) atoms. The summed E-state index contributed by atoms with van der Waals surface area (Å²) >= 11 is 6.92. The maximum absolute atomic E-state index is 11.9. The second-order valence-corrected chi connectivity index (χ2v) is 6.92. The first-order valence-corrected chi connectivity index (χ1v) is 8.94. The molecule has 0 aliphatic heterocycles. The van der Waals surface area contributed by atoms with Crippen LogP contribution < -0.4 is 4.74 Å². The number of carbonyl (C=O) groups is 1. The highest BCUT2D eigenvalue weighted by atomic mass is 35.5. The van der Waals surface area contributed by atoms with E-state index >= 15 is 0 Å². The van der Waals surface area contributed by atoms with E-state index in [0.29, 0.717) is 22.4 Å². The first-order chi connectivity index (χ1) is 12.5. The third kappa shape index (κ3) is 4.59. The SMILES string of the molecule is Cc1noc(C)c1COc1ccc(CC(=O)OCc2nnsc2Cl)cc1. The fourth-order valence-corrected chi connectivity index (χ4v) is 2.82. The number of ether oxygens (including phenoxy) is 2. The van der Waals surface area contributed by atoms with Crippen molar-refractivity contribution >= 4 is 29.1 Å². The molecule has 1 aromatic carbocycles. The molecule has 7 nitrogen and oxygen atoms in total. The zero-order chi connectivity index (χ0) is 18.5. The van der Waals surface area contributed by atoms with Gasteiger partial charge in [-0.1, -0.05) is 33.4 Å². The lowest BCUT2D eigenvalue weighted by molar-refractivity contribution is -0.144. The summed E-state index contributed by atoms with van der Waals surface area (Å²) in [6, 6.07) is 7.26. The number of aryl methyl sites for hydroxylation is 2. The van der Waals surface area contributed by atoms with Crippen molar-refractivity contribution in [3.63, 3.8) is 0 Å². The molecule has 0 saturated carbocycles. The average molecular weight is 394 g/mol. The van der Waals surface area contributed by atoms with Crippen LogP contribution in [0.1, 0.15) is 28.3 Å². The van der Waals surface area contributed by atoms with Crippen molar-refractivity contribution in [2.45, 2.75) is 33.5 Å². The van der Waals surface area contributed by atoms with Crippen LogP contribution in [0.2, 0.25) is 4.34 Å². The topological polar surface area (TPSA) is 87.3 Å². The molecule has 9 heteroatoms. The Balaban J connectivity index is 1.49. The van der Waals surface area contributed by atoms with Crippen LogP contribution in [0.25, 0.3) is 0 Å². The van der Waals surface area contributed by atoms with E-state index in [0.717, 1.165) is 34.1 Å². The summed E-state index contributed by atoms with van der Waals surface area (Å²) in [6.07, 6.45) is 0.152. The molecule has 0 bridgehead atoms. The van der Waals surface area contributed by atoms with Crippen molar-refractivity contribution < 1.29 is 18.8 Å². The molecule has 0 N–H and O–H groups in total. The summed E-state index contributed by atoms with van der Waals surface area (Å²) in [7, 11) is 0. The van der Waals surface area contributed by atoms with Crippen LogP contribution in [-0.4, -0.2) is 20.7 Å². The van der Waals surface area contributed by atoms with E-state index in [1.54, 1.807) is 0 Å². The van der Waals surface area contributed by atoms with E-state index in [9.17, 15) is 4.79 Å². The van der Waals surface area contributed by atoms with Gasteiger partial charge in [0.05, 0.1) is 17.7 Å². The summed E-state index contributed by atoms with van der Waals surface area (Å²) in [4.78, 5) is 11.9. The number of aromatic nitrogens is 3.